The Balaban J connectivity index is 1.72. The zero-order valence-electron chi connectivity index (χ0n) is 16.5. The Morgan fingerprint density at radius 2 is 1.85 bits per heavy atom. The Bertz CT molecular complexity index is 767. The van der Waals surface area contributed by atoms with Crippen molar-refractivity contribution in [1.29, 1.82) is 0 Å². The average molecular weight is 394 g/mol. The lowest BCUT2D eigenvalue weighted by molar-refractivity contribution is -0.128. The van der Waals surface area contributed by atoms with E-state index in [0.717, 1.165) is 32.1 Å². The van der Waals surface area contributed by atoms with Gasteiger partial charge in [0.05, 0.1) is 5.66 Å². The minimum atomic E-state index is -4.32. The Kier molecular flexibility index (Phi) is 4.42. The first-order chi connectivity index (χ1) is 12.5. The predicted molar refractivity (Wildman–Crippen MR) is 102 cm³/mol. The van der Waals surface area contributed by atoms with Crippen molar-refractivity contribution in [3.8, 4) is 0 Å². The fourth-order valence-electron chi connectivity index (χ4n) is 7.64. The van der Waals surface area contributed by atoms with Gasteiger partial charge in [-0.3, -0.25) is 14.2 Å². The molecule has 27 heavy (non-hydrogen) atoms. The van der Waals surface area contributed by atoms with Gasteiger partial charge in [-0.1, -0.05) is 19.4 Å². The van der Waals surface area contributed by atoms with Gasteiger partial charge >= 0.3 is 7.60 Å². The van der Waals surface area contributed by atoms with Crippen LogP contribution in [0.3, 0.4) is 0 Å². The van der Waals surface area contributed by atoms with Crippen LogP contribution < -0.4 is 0 Å². The van der Waals surface area contributed by atoms with Gasteiger partial charge in [0.2, 0.25) is 0 Å². The molecule has 0 bridgehead atoms. The van der Waals surface area contributed by atoms with E-state index in [4.69, 9.17) is 0 Å². The maximum absolute atomic E-state index is 12.5. The molecule has 0 radical (unpaired) electrons. The van der Waals surface area contributed by atoms with Crippen LogP contribution in [-0.4, -0.2) is 27.0 Å². The molecule has 7 atom stereocenters. The summed E-state index contributed by atoms with van der Waals surface area (Å²) in [6, 6.07) is 0. The summed E-state index contributed by atoms with van der Waals surface area (Å²) in [6.07, 6.45) is 7.53. The summed E-state index contributed by atoms with van der Waals surface area (Å²) in [6.45, 7) is 5.90. The fourth-order valence-corrected chi connectivity index (χ4v) is 9.08. The van der Waals surface area contributed by atoms with Gasteiger partial charge < -0.3 is 9.79 Å². The lowest BCUT2D eigenvalue weighted by Gasteiger charge is -2.58. The minimum Gasteiger partial charge on any atom is -0.324 e. The van der Waals surface area contributed by atoms with Crippen molar-refractivity contribution in [2.45, 2.75) is 71.4 Å². The molecule has 5 nitrogen and oxygen atoms in total. The molecule has 0 aromatic carbocycles. The number of rotatable bonds is 2. The summed E-state index contributed by atoms with van der Waals surface area (Å²) in [7, 11) is -4.32. The second-order valence-corrected chi connectivity index (χ2v) is 11.8. The lowest BCUT2D eigenvalue weighted by Crippen LogP contribution is -2.51. The Labute approximate surface area is 161 Å². The summed E-state index contributed by atoms with van der Waals surface area (Å²) in [5.74, 6) is 0.642. The van der Waals surface area contributed by atoms with E-state index in [2.05, 4.69) is 13.8 Å². The number of hydrogen-bond acceptors (Lipinski definition) is 3. The molecule has 0 aromatic heterocycles. The van der Waals surface area contributed by atoms with Crippen LogP contribution in [0.1, 0.15) is 65.7 Å². The van der Waals surface area contributed by atoms with Crippen LogP contribution in [0.15, 0.2) is 11.6 Å². The molecule has 0 aliphatic heterocycles. The third kappa shape index (κ3) is 2.76. The number of Topliss-reactive ketones (excluding diaryl/α,β-unsaturated/α-hetero) is 1. The summed E-state index contributed by atoms with van der Waals surface area (Å²) >= 11 is 0. The topological polar surface area (TPSA) is 91.7 Å². The molecule has 0 saturated heterocycles. The van der Waals surface area contributed by atoms with Crippen molar-refractivity contribution in [3.05, 3.63) is 11.6 Å². The first kappa shape index (κ1) is 19.5. The molecule has 4 aliphatic rings. The van der Waals surface area contributed by atoms with Crippen LogP contribution in [0.2, 0.25) is 0 Å². The molecule has 4 aliphatic carbocycles. The number of allylic oxidation sites excluding steroid dienone is 1. The van der Waals surface area contributed by atoms with E-state index in [9.17, 15) is 23.9 Å². The van der Waals surface area contributed by atoms with Crippen molar-refractivity contribution < 1.29 is 23.9 Å². The number of hydrogen-bond donors (Lipinski definition) is 2. The van der Waals surface area contributed by atoms with E-state index < -0.39 is 19.2 Å². The quantitative estimate of drug-likeness (QED) is 0.694. The maximum atomic E-state index is 12.5. The molecule has 0 heterocycles. The SMILES string of the molecule is CC(=O)[C@H]1C(P(=O)(O)O)C[C@H]2[C@@H]3CCC4=CC(=O)CC[C@]4(C)[C@H]3CC[C@]12C. The van der Waals surface area contributed by atoms with Gasteiger partial charge in [-0.05, 0) is 80.1 Å². The molecular formula is C21H31O5P. The Morgan fingerprint density at radius 3 is 2.48 bits per heavy atom. The van der Waals surface area contributed by atoms with E-state index in [-0.39, 0.29) is 28.3 Å². The van der Waals surface area contributed by atoms with Gasteiger partial charge in [-0.15, -0.1) is 0 Å². The van der Waals surface area contributed by atoms with Crippen LogP contribution >= 0.6 is 7.60 Å². The highest BCUT2D eigenvalue weighted by atomic mass is 31.2. The molecule has 0 aromatic rings. The van der Waals surface area contributed by atoms with Crippen LogP contribution in [0.5, 0.6) is 0 Å². The number of carbonyl (C=O) groups is 2. The van der Waals surface area contributed by atoms with E-state index in [1.165, 1.54) is 12.5 Å². The van der Waals surface area contributed by atoms with Gasteiger partial charge in [0.25, 0.3) is 0 Å². The smallest absolute Gasteiger partial charge is 0.324 e. The van der Waals surface area contributed by atoms with E-state index in [1.807, 2.05) is 6.08 Å². The van der Waals surface area contributed by atoms with Crippen molar-refractivity contribution in [2.24, 2.45) is 34.5 Å². The number of ketones is 2. The summed E-state index contributed by atoms with van der Waals surface area (Å²) in [5.41, 5.74) is 0.169. The van der Waals surface area contributed by atoms with Gasteiger partial charge in [0, 0.05) is 12.3 Å². The van der Waals surface area contributed by atoms with Crippen LogP contribution in [0, 0.1) is 34.5 Å². The van der Waals surface area contributed by atoms with Crippen LogP contribution in [-0.2, 0) is 14.2 Å². The highest BCUT2D eigenvalue weighted by Gasteiger charge is 2.64. The maximum Gasteiger partial charge on any atom is 0.329 e. The summed E-state index contributed by atoms with van der Waals surface area (Å²) in [5, 5.41) is 0. The molecule has 3 saturated carbocycles. The highest BCUT2D eigenvalue weighted by Crippen LogP contribution is 2.70. The second kappa shape index (κ2) is 6.11. The van der Waals surface area contributed by atoms with Gasteiger partial charge in [-0.25, -0.2) is 0 Å². The highest BCUT2D eigenvalue weighted by molar-refractivity contribution is 7.52. The van der Waals surface area contributed by atoms with E-state index in [0.29, 0.717) is 24.7 Å². The zero-order valence-corrected chi connectivity index (χ0v) is 17.4. The van der Waals surface area contributed by atoms with Crippen molar-refractivity contribution in [3.63, 3.8) is 0 Å². The van der Waals surface area contributed by atoms with Crippen LogP contribution in [0.25, 0.3) is 0 Å². The molecule has 3 fully saturated rings. The van der Waals surface area contributed by atoms with E-state index in [1.54, 1.807) is 0 Å². The number of fused-ring (bicyclic) bond motifs is 5. The number of carbonyl (C=O) groups excluding carboxylic acids is 2. The molecule has 150 valence electrons. The Hall–Kier alpha value is -0.770. The molecular weight excluding hydrogens is 363 g/mol. The normalized spacial score (nSPS) is 46.9. The average Bonchev–Trinajstić information content (AvgIpc) is 2.89. The predicted octanol–water partition coefficient (Wildman–Crippen LogP) is 3.88. The van der Waals surface area contributed by atoms with Crippen molar-refractivity contribution in [1.82, 2.24) is 0 Å². The van der Waals surface area contributed by atoms with Crippen LogP contribution in [0.4, 0.5) is 0 Å². The molecule has 4 rings (SSSR count). The zero-order chi connectivity index (χ0) is 19.8. The van der Waals surface area contributed by atoms with Crippen molar-refractivity contribution in [2.75, 3.05) is 0 Å². The third-order valence-electron chi connectivity index (χ3n) is 8.86. The molecule has 0 spiro atoms. The van der Waals surface area contributed by atoms with Crippen molar-refractivity contribution >= 4 is 19.2 Å². The largest absolute Gasteiger partial charge is 0.329 e. The first-order valence-corrected chi connectivity index (χ1v) is 12.0. The molecule has 2 N–H and O–H groups in total. The second-order valence-electron chi connectivity index (χ2n) is 9.99. The lowest BCUT2D eigenvalue weighted by atomic mass is 9.46. The fraction of sp³-hybridized carbons (Fsp3) is 0.810. The Morgan fingerprint density at radius 1 is 1.15 bits per heavy atom. The van der Waals surface area contributed by atoms with Gasteiger partial charge in [-0.2, -0.15) is 0 Å². The minimum absolute atomic E-state index is 0.0318. The molecule has 6 heteroatoms. The van der Waals surface area contributed by atoms with E-state index >= 15 is 0 Å². The molecule has 0 amide bonds. The third-order valence-corrected chi connectivity index (χ3v) is 10.2. The van der Waals surface area contributed by atoms with Gasteiger partial charge in [0.1, 0.15) is 5.78 Å². The molecule has 1 unspecified atom stereocenters. The standard InChI is InChI=1S/C21H31O5P/c1-12(22)19-18(27(24,25)26)11-17-15-5-4-13-10-14(23)6-8-20(13,2)16(15)7-9-21(17,19)3/h10,15-19H,4-9,11H2,1-3H3,(H2,24,25,26)/t15-,16+,17+,18?,19+,20+,21+/m1/s1. The summed E-state index contributed by atoms with van der Waals surface area (Å²) < 4.78 is 12.2. The van der Waals surface area contributed by atoms with Gasteiger partial charge in [0.15, 0.2) is 5.78 Å². The monoisotopic (exact) mass is 394 g/mol. The first-order valence-electron chi connectivity index (χ1n) is 10.3. The summed E-state index contributed by atoms with van der Waals surface area (Å²) in [4.78, 5) is 44.3.